The van der Waals surface area contributed by atoms with Gasteiger partial charge in [-0.2, -0.15) is 18.3 Å². The van der Waals surface area contributed by atoms with Gasteiger partial charge in [-0.1, -0.05) is 0 Å². The van der Waals surface area contributed by atoms with Gasteiger partial charge in [-0.15, -0.1) is 0 Å². The first-order valence-electron chi connectivity index (χ1n) is 6.39. The summed E-state index contributed by atoms with van der Waals surface area (Å²) in [6.07, 6.45) is -4.51. The Bertz CT molecular complexity index is 734. The van der Waals surface area contributed by atoms with E-state index in [-0.39, 0.29) is 11.4 Å². The average molecular weight is 312 g/mol. The molecule has 0 unspecified atom stereocenters. The van der Waals surface area contributed by atoms with Gasteiger partial charge in [-0.05, 0) is 32.0 Å². The molecule has 1 heterocycles. The number of hydrogen-bond acceptors (Lipinski definition) is 3. The maximum atomic E-state index is 12.7. The van der Waals surface area contributed by atoms with Crippen molar-refractivity contribution in [3.05, 3.63) is 40.7 Å². The smallest absolute Gasteiger partial charge is 0.397 e. The van der Waals surface area contributed by atoms with Crippen molar-refractivity contribution in [2.75, 3.05) is 11.1 Å². The Labute approximate surface area is 124 Å². The van der Waals surface area contributed by atoms with Crippen LogP contribution in [0.1, 0.15) is 27.3 Å². The van der Waals surface area contributed by atoms with Crippen molar-refractivity contribution in [3.63, 3.8) is 0 Å². The Balaban J connectivity index is 2.36. The number of nitrogens with two attached hydrogens (primary N) is 1. The molecule has 2 rings (SSSR count). The van der Waals surface area contributed by atoms with E-state index < -0.39 is 17.6 Å². The van der Waals surface area contributed by atoms with Crippen LogP contribution in [0.15, 0.2) is 18.2 Å². The molecule has 0 spiro atoms. The first kappa shape index (κ1) is 15.9. The first-order chi connectivity index (χ1) is 10.1. The molecule has 118 valence electrons. The van der Waals surface area contributed by atoms with E-state index in [4.69, 9.17) is 5.73 Å². The second-order valence-corrected chi connectivity index (χ2v) is 4.92. The molecule has 0 aliphatic rings. The third kappa shape index (κ3) is 2.90. The minimum Gasteiger partial charge on any atom is -0.397 e. The maximum Gasteiger partial charge on any atom is 0.416 e. The second-order valence-electron chi connectivity index (χ2n) is 4.92. The number of alkyl halides is 3. The summed E-state index contributed by atoms with van der Waals surface area (Å²) < 4.78 is 39.7. The highest BCUT2D eigenvalue weighted by molar-refractivity contribution is 6.07. The minimum atomic E-state index is -4.51. The number of carbonyl (C=O) groups is 1. The number of nitrogen functional groups attached to an aromatic ring is 1. The molecular weight excluding hydrogens is 297 g/mol. The van der Waals surface area contributed by atoms with Gasteiger partial charge >= 0.3 is 6.18 Å². The van der Waals surface area contributed by atoms with E-state index in [1.165, 1.54) is 4.68 Å². The third-order valence-corrected chi connectivity index (χ3v) is 3.36. The number of aromatic nitrogens is 2. The zero-order chi connectivity index (χ0) is 16.7. The number of nitrogens with one attached hydrogen (secondary N) is 1. The largest absolute Gasteiger partial charge is 0.416 e. The van der Waals surface area contributed by atoms with Gasteiger partial charge in [0.05, 0.1) is 28.2 Å². The lowest BCUT2D eigenvalue weighted by Crippen LogP contribution is -2.16. The molecule has 2 aromatic rings. The van der Waals surface area contributed by atoms with Crippen LogP contribution in [0, 0.1) is 13.8 Å². The van der Waals surface area contributed by atoms with Gasteiger partial charge in [-0.25, -0.2) is 0 Å². The van der Waals surface area contributed by atoms with E-state index in [0.717, 1.165) is 18.2 Å². The van der Waals surface area contributed by atoms with Crippen LogP contribution in [0.4, 0.5) is 24.5 Å². The second kappa shape index (κ2) is 5.36. The van der Waals surface area contributed by atoms with Crippen molar-refractivity contribution in [2.24, 2.45) is 7.05 Å². The van der Waals surface area contributed by atoms with Crippen molar-refractivity contribution in [1.82, 2.24) is 9.78 Å². The highest BCUT2D eigenvalue weighted by atomic mass is 19.4. The van der Waals surface area contributed by atoms with Crippen molar-refractivity contribution in [1.29, 1.82) is 0 Å². The fraction of sp³-hybridized carbons (Fsp3) is 0.286. The van der Waals surface area contributed by atoms with Crippen LogP contribution < -0.4 is 11.1 Å². The molecule has 1 aromatic carbocycles. The van der Waals surface area contributed by atoms with Crippen LogP contribution in [0.3, 0.4) is 0 Å². The van der Waals surface area contributed by atoms with Gasteiger partial charge in [-0.3, -0.25) is 9.48 Å². The van der Waals surface area contributed by atoms with Gasteiger partial charge in [0.2, 0.25) is 0 Å². The molecule has 0 saturated heterocycles. The molecule has 0 aliphatic heterocycles. The molecule has 5 nitrogen and oxygen atoms in total. The van der Waals surface area contributed by atoms with E-state index >= 15 is 0 Å². The van der Waals surface area contributed by atoms with E-state index in [0.29, 0.717) is 17.0 Å². The summed E-state index contributed by atoms with van der Waals surface area (Å²) in [6, 6.07) is 2.79. The fourth-order valence-corrected chi connectivity index (χ4v) is 2.13. The van der Waals surface area contributed by atoms with Crippen molar-refractivity contribution >= 4 is 17.3 Å². The summed E-state index contributed by atoms with van der Waals surface area (Å²) in [7, 11) is 1.68. The summed E-state index contributed by atoms with van der Waals surface area (Å²) in [5.74, 6) is -0.547. The number of rotatable bonds is 2. The monoisotopic (exact) mass is 312 g/mol. The van der Waals surface area contributed by atoms with Crippen LogP contribution in [-0.4, -0.2) is 15.7 Å². The zero-order valence-electron chi connectivity index (χ0n) is 12.2. The van der Waals surface area contributed by atoms with Crippen LogP contribution >= 0.6 is 0 Å². The molecule has 3 N–H and O–H groups in total. The summed E-state index contributed by atoms with van der Waals surface area (Å²) in [4.78, 5) is 12.3. The third-order valence-electron chi connectivity index (χ3n) is 3.36. The van der Waals surface area contributed by atoms with Gasteiger partial charge in [0.25, 0.3) is 5.91 Å². The Hall–Kier alpha value is -2.51. The van der Waals surface area contributed by atoms with Crippen molar-refractivity contribution < 1.29 is 18.0 Å². The molecule has 0 radical (unpaired) electrons. The molecule has 8 heteroatoms. The van der Waals surface area contributed by atoms with Crippen molar-refractivity contribution in [3.8, 4) is 0 Å². The number of halogens is 3. The predicted octanol–water partition coefficient (Wildman–Crippen LogP) is 2.89. The Morgan fingerprint density at radius 3 is 2.45 bits per heavy atom. The van der Waals surface area contributed by atoms with Gasteiger partial charge in [0.1, 0.15) is 0 Å². The number of nitrogens with zero attached hydrogens (tertiary/aromatic N) is 2. The van der Waals surface area contributed by atoms with E-state index in [9.17, 15) is 18.0 Å². The summed E-state index contributed by atoms with van der Waals surface area (Å²) in [5.41, 5.74) is 6.15. The molecule has 0 atom stereocenters. The van der Waals surface area contributed by atoms with Gasteiger partial charge in [0, 0.05) is 12.7 Å². The number of hydrogen-bond donors (Lipinski definition) is 2. The van der Waals surface area contributed by atoms with Crippen LogP contribution in [-0.2, 0) is 13.2 Å². The molecule has 1 aromatic heterocycles. The standard InChI is InChI=1S/C14H15F3N4O/c1-7-12(8(2)21(3)20-7)13(22)19-11-6-9(14(15,16)17)4-5-10(11)18/h4-6H,18H2,1-3H3,(H,19,22). The van der Waals surface area contributed by atoms with Crippen LogP contribution in [0.5, 0.6) is 0 Å². The summed E-state index contributed by atoms with van der Waals surface area (Å²) >= 11 is 0. The van der Waals surface area contributed by atoms with Crippen LogP contribution in [0.25, 0.3) is 0 Å². The lowest BCUT2D eigenvalue weighted by atomic mass is 10.1. The van der Waals surface area contributed by atoms with E-state index in [1.807, 2.05) is 0 Å². The molecule has 0 aliphatic carbocycles. The Morgan fingerprint density at radius 1 is 1.32 bits per heavy atom. The molecule has 1 amide bonds. The van der Waals surface area contributed by atoms with Crippen LogP contribution in [0.2, 0.25) is 0 Å². The molecule has 0 bridgehead atoms. The summed E-state index contributed by atoms with van der Waals surface area (Å²) in [5, 5.41) is 6.51. The SMILES string of the molecule is Cc1nn(C)c(C)c1C(=O)Nc1cc(C(F)(F)F)ccc1N. The fourth-order valence-electron chi connectivity index (χ4n) is 2.13. The lowest BCUT2D eigenvalue weighted by molar-refractivity contribution is -0.137. The average Bonchev–Trinajstić information content (AvgIpc) is 2.64. The van der Waals surface area contributed by atoms with Gasteiger partial charge in [0.15, 0.2) is 0 Å². The van der Waals surface area contributed by atoms with Crippen molar-refractivity contribution in [2.45, 2.75) is 20.0 Å². The lowest BCUT2D eigenvalue weighted by Gasteiger charge is -2.12. The van der Waals surface area contributed by atoms with E-state index in [2.05, 4.69) is 10.4 Å². The molecule has 0 fully saturated rings. The molecule has 0 saturated carbocycles. The Kier molecular flexibility index (Phi) is 3.87. The van der Waals surface area contributed by atoms with E-state index in [1.54, 1.807) is 20.9 Å². The normalized spacial score (nSPS) is 11.5. The number of carbonyl (C=O) groups excluding carboxylic acids is 1. The molecular formula is C14H15F3N4O. The summed E-state index contributed by atoms with van der Waals surface area (Å²) in [6.45, 7) is 3.35. The number of anilines is 2. The number of aryl methyl sites for hydroxylation is 2. The first-order valence-corrected chi connectivity index (χ1v) is 6.39. The van der Waals surface area contributed by atoms with Gasteiger partial charge < -0.3 is 11.1 Å². The topological polar surface area (TPSA) is 72.9 Å². The maximum absolute atomic E-state index is 12.7. The quantitative estimate of drug-likeness (QED) is 0.838. The zero-order valence-corrected chi connectivity index (χ0v) is 12.2. The predicted molar refractivity (Wildman–Crippen MR) is 76.5 cm³/mol. The highest BCUT2D eigenvalue weighted by Crippen LogP contribution is 2.33. The Morgan fingerprint density at radius 2 is 1.95 bits per heavy atom. The number of benzene rings is 1. The molecule has 22 heavy (non-hydrogen) atoms. The minimum absolute atomic E-state index is 0.0561. The highest BCUT2D eigenvalue weighted by Gasteiger charge is 2.31. The number of amides is 1.